The minimum Gasteiger partial charge on any atom is -0.310 e. The van der Waals surface area contributed by atoms with Crippen LogP contribution in [-0.2, 0) is 11.8 Å². The number of benzene rings is 2. The van der Waals surface area contributed by atoms with E-state index in [1.807, 2.05) is 13.0 Å². The Balaban J connectivity index is 1.69. The highest BCUT2D eigenvalue weighted by Crippen LogP contribution is 2.23. The highest BCUT2D eigenvalue weighted by Gasteiger charge is 2.15. The van der Waals surface area contributed by atoms with Crippen LogP contribution < -0.4 is 10.9 Å². The molecule has 0 unspecified atom stereocenters. The number of aryl methyl sites for hydroxylation is 2. The van der Waals surface area contributed by atoms with Crippen LogP contribution in [0.1, 0.15) is 5.69 Å². The zero-order valence-electron chi connectivity index (χ0n) is 16.3. The maximum Gasteiger partial charge on any atom is 0.266 e. The molecule has 152 valence electrons. The van der Waals surface area contributed by atoms with E-state index >= 15 is 0 Å². The molecule has 0 aliphatic heterocycles. The molecule has 2 heterocycles. The summed E-state index contributed by atoms with van der Waals surface area (Å²) < 4.78 is 3.09. The van der Waals surface area contributed by atoms with E-state index < -0.39 is 0 Å². The number of fused-ring (bicyclic) bond motifs is 1. The second-order valence-electron chi connectivity index (χ2n) is 6.66. The first kappa shape index (κ1) is 20.2. The van der Waals surface area contributed by atoms with Crippen LogP contribution in [0.15, 0.2) is 64.5 Å². The number of aromatic nitrogens is 4. The number of thioether (sulfide) groups is 1. The van der Waals surface area contributed by atoms with Crippen LogP contribution in [0.2, 0.25) is 5.02 Å². The lowest BCUT2D eigenvalue weighted by molar-refractivity contribution is -0.113. The van der Waals surface area contributed by atoms with E-state index in [4.69, 9.17) is 11.6 Å². The molecule has 2 aromatic heterocycles. The Labute approximate surface area is 181 Å². The smallest absolute Gasteiger partial charge is 0.266 e. The van der Waals surface area contributed by atoms with Gasteiger partial charge in [-0.05, 0) is 37.3 Å². The van der Waals surface area contributed by atoms with Gasteiger partial charge in [-0.3, -0.25) is 18.8 Å². The number of nitrogens with one attached hydrogen (secondary N) is 1. The van der Waals surface area contributed by atoms with Crippen LogP contribution in [0.25, 0.3) is 16.6 Å². The number of halogens is 1. The second-order valence-corrected chi connectivity index (χ2v) is 8.04. The predicted molar refractivity (Wildman–Crippen MR) is 120 cm³/mol. The van der Waals surface area contributed by atoms with Gasteiger partial charge >= 0.3 is 0 Å². The molecule has 0 aliphatic carbocycles. The van der Waals surface area contributed by atoms with Crippen molar-refractivity contribution in [1.29, 1.82) is 0 Å². The molecule has 0 aliphatic rings. The number of carbonyl (C=O) groups excluding carboxylic acids is 1. The first-order valence-corrected chi connectivity index (χ1v) is 10.5. The van der Waals surface area contributed by atoms with Gasteiger partial charge in [0.25, 0.3) is 5.56 Å². The quantitative estimate of drug-likeness (QED) is 0.377. The molecule has 4 aromatic rings. The molecule has 0 spiro atoms. The molecule has 4 rings (SSSR count). The molecule has 0 fully saturated rings. The molecular weight excluding hydrogens is 422 g/mol. The molecule has 1 amide bonds. The average Bonchev–Trinajstić information content (AvgIpc) is 3.03. The minimum absolute atomic E-state index is 0.0789. The Bertz CT molecular complexity index is 1310. The van der Waals surface area contributed by atoms with Gasteiger partial charge in [-0.15, -0.1) is 0 Å². The van der Waals surface area contributed by atoms with Crippen molar-refractivity contribution in [3.63, 3.8) is 0 Å². The number of anilines is 1. The lowest BCUT2D eigenvalue weighted by Gasteiger charge is -2.13. The second kappa shape index (κ2) is 8.33. The lowest BCUT2D eigenvalue weighted by Crippen LogP contribution is -2.23. The summed E-state index contributed by atoms with van der Waals surface area (Å²) in [5.41, 5.74) is 1.77. The molecule has 0 bridgehead atoms. The topological polar surface area (TPSA) is 81.8 Å². The van der Waals surface area contributed by atoms with Crippen LogP contribution in [0.3, 0.4) is 0 Å². The first-order valence-electron chi connectivity index (χ1n) is 9.13. The molecular formula is C21H18ClN5O2S. The third kappa shape index (κ3) is 4.10. The van der Waals surface area contributed by atoms with E-state index in [1.165, 1.54) is 16.3 Å². The number of nitrogens with zero attached hydrogens (tertiary/aromatic N) is 4. The summed E-state index contributed by atoms with van der Waals surface area (Å²) >= 11 is 7.32. The SMILES string of the molecule is Cc1cc(NC(=O)CSc2nc3ccccc3c(=O)n2-c2cccc(Cl)c2)n(C)n1. The van der Waals surface area contributed by atoms with Crippen LogP contribution in [-0.4, -0.2) is 31.0 Å². The number of rotatable bonds is 5. The van der Waals surface area contributed by atoms with Gasteiger partial charge < -0.3 is 5.32 Å². The number of hydrogen-bond acceptors (Lipinski definition) is 5. The van der Waals surface area contributed by atoms with Gasteiger partial charge in [0.1, 0.15) is 5.82 Å². The summed E-state index contributed by atoms with van der Waals surface area (Å²) in [7, 11) is 1.76. The zero-order chi connectivity index (χ0) is 21.3. The fourth-order valence-electron chi connectivity index (χ4n) is 3.09. The van der Waals surface area contributed by atoms with E-state index in [9.17, 15) is 9.59 Å². The van der Waals surface area contributed by atoms with Crippen LogP contribution >= 0.6 is 23.4 Å². The van der Waals surface area contributed by atoms with E-state index in [0.717, 1.165) is 5.69 Å². The Hall–Kier alpha value is -3.10. The monoisotopic (exact) mass is 439 g/mol. The van der Waals surface area contributed by atoms with Gasteiger partial charge in [0, 0.05) is 18.1 Å². The van der Waals surface area contributed by atoms with Gasteiger partial charge in [-0.25, -0.2) is 4.98 Å². The van der Waals surface area contributed by atoms with Crippen molar-refractivity contribution in [2.75, 3.05) is 11.1 Å². The van der Waals surface area contributed by atoms with Crippen molar-refractivity contribution < 1.29 is 4.79 Å². The van der Waals surface area contributed by atoms with Gasteiger partial charge in [0.15, 0.2) is 5.16 Å². The largest absolute Gasteiger partial charge is 0.310 e. The Morgan fingerprint density at radius 1 is 1.17 bits per heavy atom. The van der Waals surface area contributed by atoms with Crippen LogP contribution in [0.5, 0.6) is 0 Å². The van der Waals surface area contributed by atoms with Crippen molar-refractivity contribution in [2.45, 2.75) is 12.1 Å². The van der Waals surface area contributed by atoms with Crippen LogP contribution in [0.4, 0.5) is 5.82 Å². The third-order valence-corrected chi connectivity index (χ3v) is 5.59. The summed E-state index contributed by atoms with van der Waals surface area (Å²) in [6.07, 6.45) is 0. The molecule has 9 heteroatoms. The Morgan fingerprint density at radius 3 is 2.70 bits per heavy atom. The molecule has 2 aromatic carbocycles. The zero-order valence-corrected chi connectivity index (χ0v) is 17.9. The molecule has 7 nitrogen and oxygen atoms in total. The predicted octanol–water partition coefficient (Wildman–Crippen LogP) is 3.81. The number of carbonyl (C=O) groups is 1. The van der Waals surface area contributed by atoms with Gasteiger partial charge in [0.05, 0.1) is 28.0 Å². The number of hydrogen-bond donors (Lipinski definition) is 1. The average molecular weight is 440 g/mol. The normalized spacial score (nSPS) is 11.0. The van der Waals surface area contributed by atoms with Crippen LogP contribution in [0, 0.1) is 6.92 Å². The molecule has 0 atom stereocenters. The lowest BCUT2D eigenvalue weighted by atomic mass is 10.2. The fraction of sp³-hybridized carbons (Fsp3) is 0.143. The highest BCUT2D eigenvalue weighted by atomic mass is 35.5. The molecule has 0 radical (unpaired) electrons. The maximum absolute atomic E-state index is 13.2. The van der Waals surface area contributed by atoms with E-state index in [2.05, 4.69) is 15.4 Å². The molecule has 1 N–H and O–H groups in total. The Kier molecular flexibility index (Phi) is 5.61. The first-order chi connectivity index (χ1) is 14.4. The van der Waals surface area contributed by atoms with Crippen molar-refractivity contribution in [1.82, 2.24) is 19.3 Å². The van der Waals surface area contributed by atoms with Gasteiger partial charge in [-0.2, -0.15) is 5.10 Å². The van der Waals surface area contributed by atoms with Gasteiger partial charge in [0.2, 0.25) is 5.91 Å². The van der Waals surface area contributed by atoms with Crippen molar-refractivity contribution in [3.05, 3.63) is 75.7 Å². The summed E-state index contributed by atoms with van der Waals surface area (Å²) in [6, 6.07) is 15.9. The number of amides is 1. The van der Waals surface area contributed by atoms with E-state index in [1.54, 1.807) is 60.3 Å². The Morgan fingerprint density at radius 2 is 1.97 bits per heavy atom. The fourth-order valence-corrected chi connectivity index (χ4v) is 4.09. The van der Waals surface area contributed by atoms with Crippen molar-refractivity contribution in [3.8, 4) is 5.69 Å². The van der Waals surface area contributed by atoms with Crippen molar-refractivity contribution >= 4 is 46.0 Å². The van der Waals surface area contributed by atoms with Crippen molar-refractivity contribution in [2.24, 2.45) is 7.05 Å². The summed E-state index contributed by atoms with van der Waals surface area (Å²) in [5.74, 6) is 0.468. The maximum atomic E-state index is 13.2. The third-order valence-electron chi connectivity index (χ3n) is 4.41. The van der Waals surface area contributed by atoms with Gasteiger partial charge in [-0.1, -0.05) is 41.6 Å². The highest BCUT2D eigenvalue weighted by molar-refractivity contribution is 7.99. The molecule has 0 saturated carbocycles. The van der Waals surface area contributed by atoms with E-state index in [-0.39, 0.29) is 17.2 Å². The summed E-state index contributed by atoms with van der Waals surface area (Å²) in [4.78, 5) is 30.3. The summed E-state index contributed by atoms with van der Waals surface area (Å²) in [6.45, 7) is 1.85. The summed E-state index contributed by atoms with van der Waals surface area (Å²) in [5, 5.41) is 8.46. The standard InChI is InChI=1S/C21H18ClN5O2S/c1-13-10-18(26(2)25-13)24-19(28)12-30-21-23-17-9-4-3-8-16(17)20(29)27(21)15-7-5-6-14(22)11-15/h3-11H,12H2,1-2H3,(H,24,28). The number of para-hydroxylation sites is 1. The van der Waals surface area contributed by atoms with E-state index in [0.29, 0.717) is 32.6 Å². The molecule has 0 saturated heterocycles. The minimum atomic E-state index is -0.219. The molecule has 30 heavy (non-hydrogen) atoms.